The molecule has 1 fully saturated rings. The van der Waals surface area contributed by atoms with Crippen LogP contribution in [-0.4, -0.2) is 56.6 Å². The minimum absolute atomic E-state index is 0.0944. The van der Waals surface area contributed by atoms with Crippen molar-refractivity contribution in [1.82, 2.24) is 4.90 Å². The quantitative estimate of drug-likeness (QED) is 0.722. The Morgan fingerprint density at radius 2 is 1.67 bits per heavy atom. The summed E-state index contributed by atoms with van der Waals surface area (Å²) >= 11 is 0. The molecule has 2 aliphatic rings. The predicted molar refractivity (Wildman–Crippen MR) is 127 cm³/mol. The normalized spacial score (nSPS) is 18.6. The van der Waals surface area contributed by atoms with Crippen molar-refractivity contribution >= 4 is 33.2 Å². The lowest BCUT2D eigenvalue weighted by Crippen LogP contribution is -2.49. The third-order valence-electron chi connectivity index (χ3n) is 6.04. The topological polar surface area (TPSA) is 96.0 Å². The summed E-state index contributed by atoms with van der Waals surface area (Å²) < 4.78 is 32.4. The molecular formula is C24H29N3O5S. The van der Waals surface area contributed by atoms with E-state index in [1.807, 2.05) is 4.90 Å². The number of para-hydroxylation sites is 3. The second kappa shape index (κ2) is 9.82. The standard InChI is InChI=1S/C24H29N3O5S/c1-2-33(30,31)27-17-22(32-21-14-8-7-13-20(21)27)23(28)25-19-12-6-5-11-18(19)24(29)26-15-9-3-4-10-16-26/h5-8,11-14,22H,2-4,9-10,15-17H2,1H3,(H,25,28)/t22-/m0/s1. The third kappa shape index (κ3) is 4.98. The highest BCUT2D eigenvalue weighted by atomic mass is 32.2. The number of anilines is 2. The average molecular weight is 472 g/mol. The maximum atomic E-state index is 13.2. The number of nitrogens with zero attached hydrogens (tertiary/aromatic N) is 2. The van der Waals surface area contributed by atoms with Crippen molar-refractivity contribution in [3.8, 4) is 5.75 Å². The van der Waals surface area contributed by atoms with E-state index >= 15 is 0 Å². The van der Waals surface area contributed by atoms with Crippen LogP contribution >= 0.6 is 0 Å². The van der Waals surface area contributed by atoms with E-state index in [2.05, 4.69) is 5.32 Å². The van der Waals surface area contributed by atoms with E-state index in [0.717, 1.165) is 25.7 Å². The van der Waals surface area contributed by atoms with Crippen molar-refractivity contribution in [3.05, 3.63) is 54.1 Å². The minimum atomic E-state index is -3.60. The van der Waals surface area contributed by atoms with E-state index < -0.39 is 22.0 Å². The van der Waals surface area contributed by atoms with E-state index in [4.69, 9.17) is 4.74 Å². The maximum Gasteiger partial charge on any atom is 0.267 e. The van der Waals surface area contributed by atoms with Gasteiger partial charge < -0.3 is 15.0 Å². The SMILES string of the molecule is CCS(=O)(=O)N1C[C@@H](C(=O)Nc2ccccc2C(=O)N2CCCCCC2)Oc2ccccc21. The number of sulfonamides is 1. The molecule has 1 atom stereocenters. The molecule has 2 amide bonds. The van der Waals surface area contributed by atoms with Crippen molar-refractivity contribution in [2.75, 3.05) is 35.0 Å². The molecule has 0 spiro atoms. The Balaban J connectivity index is 1.56. The van der Waals surface area contributed by atoms with Gasteiger partial charge in [0, 0.05) is 13.1 Å². The van der Waals surface area contributed by atoms with Crippen LogP contribution in [0.15, 0.2) is 48.5 Å². The van der Waals surface area contributed by atoms with Gasteiger partial charge in [0.25, 0.3) is 11.8 Å². The lowest BCUT2D eigenvalue weighted by molar-refractivity contribution is -0.122. The fourth-order valence-electron chi connectivity index (χ4n) is 4.19. The van der Waals surface area contributed by atoms with Crippen LogP contribution in [0.2, 0.25) is 0 Å². The van der Waals surface area contributed by atoms with E-state index in [1.165, 1.54) is 4.31 Å². The molecule has 2 aromatic carbocycles. The van der Waals surface area contributed by atoms with E-state index in [9.17, 15) is 18.0 Å². The minimum Gasteiger partial charge on any atom is -0.476 e. The second-order valence-electron chi connectivity index (χ2n) is 8.25. The highest BCUT2D eigenvalue weighted by Gasteiger charge is 2.36. The van der Waals surface area contributed by atoms with Gasteiger partial charge >= 0.3 is 0 Å². The summed E-state index contributed by atoms with van der Waals surface area (Å²) in [6.07, 6.45) is 3.11. The number of benzene rings is 2. The highest BCUT2D eigenvalue weighted by Crippen LogP contribution is 2.35. The molecule has 4 rings (SSSR count). The Morgan fingerprint density at radius 3 is 2.39 bits per heavy atom. The van der Waals surface area contributed by atoms with Crippen LogP contribution in [0, 0.1) is 0 Å². The summed E-state index contributed by atoms with van der Waals surface area (Å²) in [6.45, 7) is 2.83. The van der Waals surface area contributed by atoms with E-state index in [0.29, 0.717) is 35.8 Å². The highest BCUT2D eigenvalue weighted by molar-refractivity contribution is 7.92. The Kier molecular flexibility index (Phi) is 6.88. The van der Waals surface area contributed by atoms with Gasteiger partial charge in [-0.25, -0.2) is 8.42 Å². The van der Waals surface area contributed by atoms with Gasteiger partial charge in [-0.05, 0) is 44.0 Å². The number of rotatable bonds is 5. The summed E-state index contributed by atoms with van der Waals surface area (Å²) in [5.74, 6) is -0.382. The van der Waals surface area contributed by atoms with Crippen LogP contribution in [0.5, 0.6) is 5.75 Å². The van der Waals surface area contributed by atoms with E-state index in [-0.39, 0.29) is 18.2 Å². The molecule has 8 nitrogen and oxygen atoms in total. The Bertz CT molecular complexity index is 1130. The number of nitrogens with one attached hydrogen (secondary N) is 1. The van der Waals surface area contributed by atoms with Crippen molar-refractivity contribution in [1.29, 1.82) is 0 Å². The number of fused-ring (bicyclic) bond motifs is 1. The van der Waals surface area contributed by atoms with Gasteiger partial charge in [0.1, 0.15) is 5.75 Å². The molecule has 176 valence electrons. The first kappa shape index (κ1) is 23.1. The van der Waals surface area contributed by atoms with Crippen molar-refractivity contribution in [3.63, 3.8) is 0 Å². The van der Waals surface area contributed by atoms with Crippen LogP contribution < -0.4 is 14.4 Å². The first-order chi connectivity index (χ1) is 15.9. The molecule has 2 aromatic rings. The van der Waals surface area contributed by atoms with Crippen LogP contribution in [0.25, 0.3) is 0 Å². The van der Waals surface area contributed by atoms with Gasteiger partial charge in [-0.3, -0.25) is 13.9 Å². The molecule has 2 heterocycles. The first-order valence-corrected chi connectivity index (χ1v) is 13.0. The van der Waals surface area contributed by atoms with Gasteiger partial charge in [0.05, 0.1) is 29.2 Å². The molecule has 0 aromatic heterocycles. The van der Waals surface area contributed by atoms with Gasteiger partial charge in [0.2, 0.25) is 10.0 Å². The average Bonchev–Trinajstić information content (AvgIpc) is 3.13. The van der Waals surface area contributed by atoms with Gasteiger partial charge in [-0.15, -0.1) is 0 Å². The largest absolute Gasteiger partial charge is 0.476 e. The fourth-order valence-corrected chi connectivity index (χ4v) is 5.32. The van der Waals surface area contributed by atoms with Crippen LogP contribution in [0.3, 0.4) is 0 Å². The number of likely N-dealkylation sites (tertiary alicyclic amines) is 1. The second-order valence-corrected chi connectivity index (χ2v) is 10.4. The number of carbonyl (C=O) groups excluding carboxylic acids is 2. The Labute approximate surface area is 194 Å². The molecule has 0 radical (unpaired) electrons. The van der Waals surface area contributed by atoms with Crippen molar-refractivity contribution < 1.29 is 22.7 Å². The van der Waals surface area contributed by atoms with Gasteiger partial charge in [-0.2, -0.15) is 0 Å². The molecule has 33 heavy (non-hydrogen) atoms. The monoisotopic (exact) mass is 471 g/mol. The number of amides is 2. The zero-order chi connectivity index (χ0) is 23.4. The smallest absolute Gasteiger partial charge is 0.267 e. The summed E-state index contributed by atoms with van der Waals surface area (Å²) in [5.41, 5.74) is 1.23. The predicted octanol–water partition coefficient (Wildman–Crippen LogP) is 3.26. The molecule has 1 saturated heterocycles. The summed E-state index contributed by atoms with van der Waals surface area (Å²) in [4.78, 5) is 28.2. The van der Waals surface area contributed by atoms with Gasteiger partial charge in [-0.1, -0.05) is 37.1 Å². The summed E-state index contributed by atoms with van der Waals surface area (Å²) in [6, 6.07) is 13.7. The zero-order valence-electron chi connectivity index (χ0n) is 18.7. The lowest BCUT2D eigenvalue weighted by Gasteiger charge is -2.34. The summed E-state index contributed by atoms with van der Waals surface area (Å²) in [5, 5.41) is 2.80. The molecule has 0 saturated carbocycles. The number of carbonyl (C=O) groups is 2. The van der Waals surface area contributed by atoms with Crippen molar-refractivity contribution in [2.24, 2.45) is 0 Å². The molecule has 2 aliphatic heterocycles. The van der Waals surface area contributed by atoms with Gasteiger partial charge in [0.15, 0.2) is 6.10 Å². The Morgan fingerprint density at radius 1 is 1.00 bits per heavy atom. The number of ether oxygens (including phenoxy) is 1. The van der Waals surface area contributed by atoms with E-state index in [1.54, 1.807) is 55.5 Å². The number of hydrogen-bond donors (Lipinski definition) is 1. The first-order valence-electron chi connectivity index (χ1n) is 11.4. The number of hydrogen-bond acceptors (Lipinski definition) is 5. The summed E-state index contributed by atoms with van der Waals surface area (Å²) in [7, 11) is -3.60. The molecular weight excluding hydrogens is 442 g/mol. The molecule has 9 heteroatoms. The molecule has 0 aliphatic carbocycles. The zero-order valence-corrected chi connectivity index (χ0v) is 19.5. The Hall–Kier alpha value is -3.07. The van der Waals surface area contributed by atoms with Crippen LogP contribution in [0.4, 0.5) is 11.4 Å². The molecule has 1 N–H and O–H groups in total. The maximum absolute atomic E-state index is 13.2. The molecule has 0 unspecified atom stereocenters. The molecule has 0 bridgehead atoms. The fraction of sp³-hybridized carbons (Fsp3) is 0.417. The van der Waals surface area contributed by atoms with Crippen LogP contribution in [0.1, 0.15) is 43.0 Å². The third-order valence-corrected chi connectivity index (χ3v) is 7.78. The van der Waals surface area contributed by atoms with Crippen LogP contribution in [-0.2, 0) is 14.8 Å². The lowest BCUT2D eigenvalue weighted by atomic mass is 10.1. The van der Waals surface area contributed by atoms with Crippen molar-refractivity contribution in [2.45, 2.75) is 38.7 Å².